The predicted octanol–water partition coefficient (Wildman–Crippen LogP) is -2.48. The lowest BCUT2D eigenvalue weighted by atomic mass is 9.93. The average molecular weight is 577 g/mol. The Bertz CT molecular complexity index is 710. The lowest BCUT2D eigenvalue weighted by Gasteiger charge is -2.23. The van der Waals surface area contributed by atoms with Crippen LogP contribution in [0.2, 0.25) is 0 Å². The molecule has 16 nitrogen and oxygen atoms in total. The smallest absolute Gasteiger partial charge is 0.264 e. The SMILES string of the molecule is CCS(=O)(=O)O.CCS(=O)(=O)O.CCS(=O)(=O)O.CCS(=O)(=O)O.OCC(CO)(CO)CO. The first-order valence-corrected chi connectivity index (χ1v) is 15.2. The lowest BCUT2D eigenvalue weighted by molar-refractivity contribution is -0.0328. The highest BCUT2D eigenvalue weighted by atomic mass is 32.2. The van der Waals surface area contributed by atoms with Gasteiger partial charge in [-0.2, -0.15) is 33.7 Å². The molecule has 33 heavy (non-hydrogen) atoms. The first-order chi connectivity index (χ1) is 14.5. The standard InChI is InChI=1S/C5H12O4.4C2H6O3S/c6-1-5(2-7,3-8)4-9;4*1-2-6(3,4)5/h6-9H,1-4H2;4*2H2,1H3,(H,3,4,5). The molecule has 0 unspecified atom stereocenters. The van der Waals surface area contributed by atoms with Crippen LogP contribution in [0.1, 0.15) is 27.7 Å². The summed E-state index contributed by atoms with van der Waals surface area (Å²) in [7, 11) is -14.6. The minimum absolute atomic E-state index is 0.201. The van der Waals surface area contributed by atoms with Gasteiger partial charge in [0, 0.05) is 0 Å². The maximum Gasteiger partial charge on any atom is 0.264 e. The third kappa shape index (κ3) is 49.6. The molecule has 0 fully saturated rings. The fourth-order valence-corrected chi connectivity index (χ4v) is 0.300. The molecular formula is C13H36O16S4. The van der Waals surface area contributed by atoms with Gasteiger partial charge in [-0.25, -0.2) is 0 Å². The van der Waals surface area contributed by atoms with E-state index in [9.17, 15) is 33.7 Å². The molecule has 0 aliphatic rings. The van der Waals surface area contributed by atoms with Gasteiger partial charge in [0.1, 0.15) is 0 Å². The summed E-state index contributed by atoms with van der Waals surface area (Å²) in [5.74, 6) is -0.806. The van der Waals surface area contributed by atoms with Crippen molar-refractivity contribution >= 4 is 40.5 Å². The van der Waals surface area contributed by atoms with Crippen molar-refractivity contribution in [3.63, 3.8) is 0 Å². The van der Waals surface area contributed by atoms with Crippen LogP contribution in [0.3, 0.4) is 0 Å². The lowest BCUT2D eigenvalue weighted by Crippen LogP contribution is -2.37. The van der Waals surface area contributed by atoms with Gasteiger partial charge < -0.3 is 20.4 Å². The van der Waals surface area contributed by atoms with Crippen LogP contribution in [0, 0.1) is 5.41 Å². The molecule has 0 atom stereocenters. The molecule has 0 aromatic heterocycles. The Morgan fingerprint density at radius 3 is 0.515 bits per heavy atom. The summed E-state index contributed by atoms with van der Waals surface area (Å²) < 4.78 is 108. The van der Waals surface area contributed by atoms with Gasteiger partial charge in [0.25, 0.3) is 40.5 Å². The van der Waals surface area contributed by atoms with E-state index in [0.29, 0.717) is 0 Å². The summed E-state index contributed by atoms with van der Waals surface area (Å²) in [6.07, 6.45) is 0. The van der Waals surface area contributed by atoms with Crippen molar-refractivity contribution in [1.29, 1.82) is 0 Å². The van der Waals surface area contributed by atoms with Gasteiger partial charge in [0.05, 0.1) is 54.9 Å². The van der Waals surface area contributed by atoms with Crippen LogP contribution in [-0.4, -0.2) is 122 Å². The van der Waals surface area contributed by atoms with E-state index < -0.39 is 72.3 Å². The summed E-state index contributed by atoms with van der Waals surface area (Å²) in [4.78, 5) is 0. The Balaban J connectivity index is -0.000000100. The topological polar surface area (TPSA) is 298 Å². The van der Waals surface area contributed by atoms with Crippen molar-refractivity contribution in [3.05, 3.63) is 0 Å². The zero-order valence-electron chi connectivity index (χ0n) is 18.6. The van der Waals surface area contributed by atoms with Crippen LogP contribution >= 0.6 is 0 Å². The first-order valence-electron chi connectivity index (χ1n) is 8.73. The van der Waals surface area contributed by atoms with Crippen molar-refractivity contribution in [2.45, 2.75) is 27.7 Å². The minimum atomic E-state index is -3.66. The second-order valence-corrected chi connectivity index (χ2v) is 12.6. The van der Waals surface area contributed by atoms with Gasteiger partial charge in [-0.15, -0.1) is 0 Å². The number of aliphatic hydroxyl groups excluding tert-OH is 4. The Morgan fingerprint density at radius 1 is 0.424 bits per heavy atom. The van der Waals surface area contributed by atoms with Crippen LogP contribution in [0.5, 0.6) is 0 Å². The summed E-state index contributed by atoms with van der Waals surface area (Å²) in [6, 6.07) is 0. The number of hydrogen-bond donors (Lipinski definition) is 8. The summed E-state index contributed by atoms with van der Waals surface area (Å²) in [5, 5.41) is 34.0. The maximum absolute atomic E-state index is 9.56. The molecule has 0 aromatic carbocycles. The van der Waals surface area contributed by atoms with Crippen molar-refractivity contribution < 1.29 is 72.3 Å². The zero-order valence-corrected chi connectivity index (χ0v) is 21.9. The molecule has 0 bridgehead atoms. The van der Waals surface area contributed by atoms with E-state index in [1.54, 1.807) is 0 Å². The summed E-state index contributed by atoms with van der Waals surface area (Å²) >= 11 is 0. The molecule has 0 saturated carbocycles. The molecule has 0 rings (SSSR count). The molecule has 0 heterocycles. The first kappa shape index (κ1) is 42.6. The molecule has 0 aliphatic carbocycles. The second kappa shape index (κ2) is 20.8. The number of rotatable bonds is 8. The molecule has 0 amide bonds. The molecule has 20 heteroatoms. The van der Waals surface area contributed by atoms with Crippen LogP contribution in [-0.2, 0) is 40.5 Å². The van der Waals surface area contributed by atoms with Crippen LogP contribution in [0.25, 0.3) is 0 Å². The van der Waals surface area contributed by atoms with Crippen molar-refractivity contribution in [1.82, 2.24) is 0 Å². The van der Waals surface area contributed by atoms with Gasteiger partial charge in [-0.3, -0.25) is 18.2 Å². The van der Waals surface area contributed by atoms with E-state index in [1.165, 1.54) is 27.7 Å². The van der Waals surface area contributed by atoms with Crippen LogP contribution in [0.15, 0.2) is 0 Å². The average Bonchev–Trinajstić information content (AvgIpc) is 2.70. The highest BCUT2D eigenvalue weighted by molar-refractivity contribution is 7.86. The van der Waals surface area contributed by atoms with E-state index >= 15 is 0 Å². The van der Waals surface area contributed by atoms with Gasteiger partial charge in [0.15, 0.2) is 0 Å². The summed E-state index contributed by atoms with van der Waals surface area (Å²) in [6.45, 7) is 3.86. The monoisotopic (exact) mass is 576 g/mol. The van der Waals surface area contributed by atoms with Gasteiger partial charge in [-0.1, -0.05) is 0 Å². The molecule has 0 aromatic rings. The highest BCUT2D eigenvalue weighted by Crippen LogP contribution is 2.11. The normalized spacial score (nSPS) is 11.8. The third-order valence-corrected chi connectivity index (χ3v) is 5.72. The molecule has 208 valence electrons. The van der Waals surface area contributed by atoms with E-state index in [0.717, 1.165) is 0 Å². The Labute approximate surface area is 195 Å². The van der Waals surface area contributed by atoms with E-state index in [4.69, 9.17) is 38.6 Å². The molecule has 8 N–H and O–H groups in total. The fourth-order valence-electron chi connectivity index (χ4n) is 0.300. The van der Waals surface area contributed by atoms with Gasteiger partial charge >= 0.3 is 0 Å². The molecular weight excluding hydrogens is 540 g/mol. The highest BCUT2D eigenvalue weighted by Gasteiger charge is 2.26. The van der Waals surface area contributed by atoms with Crippen LogP contribution in [0.4, 0.5) is 0 Å². The largest absolute Gasteiger partial charge is 0.396 e. The Kier molecular flexibility index (Phi) is 26.9. The maximum atomic E-state index is 9.56. The van der Waals surface area contributed by atoms with Gasteiger partial charge in [-0.05, 0) is 27.7 Å². The number of aliphatic hydroxyl groups is 4. The molecule has 0 saturated heterocycles. The zero-order chi connectivity index (χ0) is 28.2. The fraction of sp³-hybridized carbons (Fsp3) is 1.00. The van der Waals surface area contributed by atoms with E-state index in [1.807, 2.05) is 0 Å². The van der Waals surface area contributed by atoms with Gasteiger partial charge in [0.2, 0.25) is 0 Å². The van der Waals surface area contributed by atoms with E-state index in [-0.39, 0.29) is 23.0 Å². The van der Waals surface area contributed by atoms with Crippen molar-refractivity contribution in [2.75, 3.05) is 49.4 Å². The second-order valence-electron chi connectivity index (χ2n) is 5.61. The molecule has 0 radical (unpaired) electrons. The quantitative estimate of drug-likeness (QED) is 0.139. The van der Waals surface area contributed by atoms with E-state index in [2.05, 4.69) is 0 Å². The number of hydrogen-bond acceptors (Lipinski definition) is 12. The molecule has 0 aliphatic heterocycles. The third-order valence-electron chi connectivity index (χ3n) is 2.80. The van der Waals surface area contributed by atoms with Crippen LogP contribution < -0.4 is 0 Å². The Morgan fingerprint density at radius 2 is 0.515 bits per heavy atom. The Hall–Kier alpha value is -0.520. The molecule has 0 spiro atoms. The van der Waals surface area contributed by atoms with Crippen molar-refractivity contribution in [3.8, 4) is 0 Å². The minimum Gasteiger partial charge on any atom is -0.396 e. The van der Waals surface area contributed by atoms with Crippen molar-refractivity contribution in [2.24, 2.45) is 5.41 Å². The predicted molar refractivity (Wildman–Crippen MR) is 119 cm³/mol. The summed E-state index contributed by atoms with van der Waals surface area (Å²) in [5.41, 5.74) is -1.11.